The van der Waals surface area contributed by atoms with E-state index in [1.807, 2.05) is 44.3 Å². The molecule has 0 bridgehead atoms. The van der Waals surface area contributed by atoms with Crippen LogP contribution in [0.15, 0.2) is 30.3 Å². The zero-order chi connectivity index (χ0) is 13.8. The predicted molar refractivity (Wildman–Crippen MR) is 76.6 cm³/mol. The Labute approximate surface area is 114 Å². The van der Waals surface area contributed by atoms with Crippen molar-refractivity contribution in [1.82, 2.24) is 4.90 Å². The molecule has 3 heteroatoms. The molecule has 19 heavy (non-hydrogen) atoms. The summed E-state index contributed by atoms with van der Waals surface area (Å²) in [5.41, 5.74) is 2.23. The van der Waals surface area contributed by atoms with Crippen LogP contribution >= 0.6 is 0 Å². The van der Waals surface area contributed by atoms with Gasteiger partial charge in [0.25, 0.3) is 0 Å². The number of amides is 1. The summed E-state index contributed by atoms with van der Waals surface area (Å²) < 4.78 is 0. The highest BCUT2D eigenvalue weighted by molar-refractivity contribution is 5.91. The van der Waals surface area contributed by atoms with E-state index in [2.05, 4.69) is 0 Å². The van der Waals surface area contributed by atoms with Crippen molar-refractivity contribution >= 4 is 12.0 Å². The van der Waals surface area contributed by atoms with Crippen LogP contribution in [0, 0.1) is 12.8 Å². The van der Waals surface area contributed by atoms with Crippen LogP contribution in [0.2, 0.25) is 0 Å². The van der Waals surface area contributed by atoms with E-state index in [0.717, 1.165) is 24.9 Å². The Kier molecular flexibility index (Phi) is 4.38. The molecule has 3 nitrogen and oxygen atoms in total. The monoisotopic (exact) mass is 259 g/mol. The third-order valence-corrected chi connectivity index (χ3v) is 3.58. The van der Waals surface area contributed by atoms with Crippen LogP contribution in [0.3, 0.4) is 0 Å². The van der Waals surface area contributed by atoms with E-state index in [9.17, 15) is 9.90 Å². The molecule has 0 saturated heterocycles. The number of carbonyl (C=O) groups excluding carboxylic acids is 1. The second-order valence-electron chi connectivity index (χ2n) is 5.46. The number of hydrogen-bond donors (Lipinski definition) is 1. The van der Waals surface area contributed by atoms with Gasteiger partial charge in [-0.1, -0.05) is 29.8 Å². The van der Waals surface area contributed by atoms with Crippen molar-refractivity contribution in [1.29, 1.82) is 0 Å². The van der Waals surface area contributed by atoms with E-state index >= 15 is 0 Å². The fourth-order valence-electron chi connectivity index (χ4n) is 2.40. The number of rotatable bonds is 4. The number of aliphatic hydroxyl groups excluding tert-OH is 1. The van der Waals surface area contributed by atoms with Crippen LogP contribution in [-0.2, 0) is 4.79 Å². The lowest BCUT2D eigenvalue weighted by Crippen LogP contribution is -2.38. The molecule has 102 valence electrons. The van der Waals surface area contributed by atoms with Gasteiger partial charge in [-0.3, -0.25) is 4.79 Å². The van der Waals surface area contributed by atoms with Gasteiger partial charge < -0.3 is 10.0 Å². The number of nitrogens with zero attached hydrogens (tertiary/aromatic N) is 1. The molecule has 0 heterocycles. The summed E-state index contributed by atoms with van der Waals surface area (Å²) in [7, 11) is 1.81. The Morgan fingerprint density at radius 1 is 1.47 bits per heavy atom. The van der Waals surface area contributed by atoms with Crippen molar-refractivity contribution in [3.63, 3.8) is 0 Å². The Morgan fingerprint density at radius 3 is 2.84 bits per heavy atom. The Balaban J connectivity index is 1.86. The fraction of sp³-hybridized carbons (Fsp3) is 0.438. The molecule has 0 spiro atoms. The van der Waals surface area contributed by atoms with Crippen molar-refractivity contribution in [2.75, 3.05) is 13.6 Å². The molecule has 1 aromatic carbocycles. The molecule has 0 unspecified atom stereocenters. The van der Waals surface area contributed by atoms with E-state index in [-0.39, 0.29) is 12.0 Å². The highest BCUT2D eigenvalue weighted by atomic mass is 16.3. The van der Waals surface area contributed by atoms with Crippen molar-refractivity contribution in [3.05, 3.63) is 41.5 Å². The minimum Gasteiger partial charge on any atom is -0.393 e. The third kappa shape index (κ3) is 3.93. The van der Waals surface area contributed by atoms with E-state index in [0.29, 0.717) is 5.92 Å². The maximum absolute atomic E-state index is 11.9. The zero-order valence-electron chi connectivity index (χ0n) is 11.5. The van der Waals surface area contributed by atoms with Gasteiger partial charge in [0.1, 0.15) is 0 Å². The van der Waals surface area contributed by atoms with Crippen molar-refractivity contribution in [2.24, 2.45) is 5.92 Å². The SMILES string of the molecule is Cc1cccc(C=CC(=O)N(C)CC2CC(O)C2)c1. The number of benzene rings is 1. The van der Waals surface area contributed by atoms with E-state index in [1.165, 1.54) is 5.56 Å². The lowest BCUT2D eigenvalue weighted by molar-refractivity contribution is -0.126. The highest BCUT2D eigenvalue weighted by Crippen LogP contribution is 2.27. The largest absolute Gasteiger partial charge is 0.393 e. The molecular weight excluding hydrogens is 238 g/mol. The van der Waals surface area contributed by atoms with Crippen LogP contribution in [-0.4, -0.2) is 35.6 Å². The molecule has 1 fully saturated rings. The van der Waals surface area contributed by atoms with Crippen LogP contribution in [0.25, 0.3) is 6.08 Å². The average Bonchev–Trinajstić information content (AvgIpc) is 2.34. The molecule has 0 radical (unpaired) electrons. The summed E-state index contributed by atoms with van der Waals surface area (Å²) in [6, 6.07) is 8.05. The lowest BCUT2D eigenvalue weighted by Gasteiger charge is -2.34. The standard InChI is InChI=1S/C16H21NO2/c1-12-4-3-5-13(8-12)6-7-16(19)17(2)11-14-9-15(18)10-14/h3-8,14-15,18H,9-11H2,1-2H3. The maximum Gasteiger partial charge on any atom is 0.246 e. The molecule has 1 N–H and O–H groups in total. The molecule has 1 saturated carbocycles. The Morgan fingerprint density at radius 2 is 2.21 bits per heavy atom. The van der Waals surface area contributed by atoms with Gasteiger partial charge in [0, 0.05) is 19.7 Å². The molecule has 1 aliphatic rings. The first kappa shape index (κ1) is 13.8. The van der Waals surface area contributed by atoms with Crippen molar-refractivity contribution in [3.8, 4) is 0 Å². The van der Waals surface area contributed by atoms with Crippen LogP contribution in [0.4, 0.5) is 0 Å². The Hall–Kier alpha value is -1.61. The van der Waals surface area contributed by atoms with Gasteiger partial charge in [0.15, 0.2) is 0 Å². The van der Waals surface area contributed by atoms with Crippen molar-refractivity contribution < 1.29 is 9.90 Å². The summed E-state index contributed by atoms with van der Waals surface area (Å²) in [5.74, 6) is 0.471. The van der Waals surface area contributed by atoms with Crippen molar-refractivity contribution in [2.45, 2.75) is 25.9 Å². The van der Waals surface area contributed by atoms with Gasteiger partial charge in [-0.05, 0) is 37.3 Å². The molecule has 0 aromatic heterocycles. The van der Waals surface area contributed by atoms with Gasteiger partial charge in [-0.25, -0.2) is 0 Å². The van der Waals surface area contributed by atoms with Gasteiger partial charge >= 0.3 is 0 Å². The van der Waals surface area contributed by atoms with Gasteiger partial charge in [0.05, 0.1) is 6.10 Å². The fourth-order valence-corrected chi connectivity index (χ4v) is 2.40. The number of aryl methyl sites for hydroxylation is 1. The second kappa shape index (κ2) is 6.02. The van der Waals surface area contributed by atoms with Gasteiger partial charge in [-0.15, -0.1) is 0 Å². The summed E-state index contributed by atoms with van der Waals surface area (Å²) in [6.45, 7) is 2.77. The molecule has 1 aliphatic carbocycles. The maximum atomic E-state index is 11.9. The first-order valence-electron chi connectivity index (χ1n) is 6.72. The minimum absolute atomic E-state index is 0.0166. The van der Waals surface area contributed by atoms with Crippen LogP contribution < -0.4 is 0 Å². The quantitative estimate of drug-likeness (QED) is 0.842. The zero-order valence-corrected chi connectivity index (χ0v) is 11.5. The first-order valence-corrected chi connectivity index (χ1v) is 6.72. The highest BCUT2D eigenvalue weighted by Gasteiger charge is 2.28. The van der Waals surface area contributed by atoms with Gasteiger partial charge in [-0.2, -0.15) is 0 Å². The van der Waals surface area contributed by atoms with Crippen LogP contribution in [0.5, 0.6) is 0 Å². The summed E-state index contributed by atoms with van der Waals surface area (Å²) >= 11 is 0. The summed E-state index contributed by atoms with van der Waals surface area (Å²) in [6.07, 6.45) is 4.94. The van der Waals surface area contributed by atoms with E-state index < -0.39 is 0 Å². The third-order valence-electron chi connectivity index (χ3n) is 3.58. The predicted octanol–water partition coefficient (Wildman–Crippen LogP) is 2.24. The number of hydrogen-bond acceptors (Lipinski definition) is 2. The molecule has 0 aliphatic heterocycles. The smallest absolute Gasteiger partial charge is 0.246 e. The second-order valence-corrected chi connectivity index (χ2v) is 5.46. The number of carbonyl (C=O) groups is 1. The number of aliphatic hydroxyl groups is 1. The van der Waals surface area contributed by atoms with Crippen LogP contribution in [0.1, 0.15) is 24.0 Å². The normalized spacial score (nSPS) is 22.3. The first-order chi connectivity index (χ1) is 9.04. The molecule has 0 atom stereocenters. The van der Waals surface area contributed by atoms with E-state index in [1.54, 1.807) is 11.0 Å². The minimum atomic E-state index is -0.156. The number of likely N-dealkylation sites (N-methyl/N-ethyl adjacent to an activating group) is 1. The molecule has 1 amide bonds. The summed E-state index contributed by atoms with van der Waals surface area (Å²) in [5, 5.41) is 9.23. The lowest BCUT2D eigenvalue weighted by atomic mass is 9.82. The topological polar surface area (TPSA) is 40.5 Å². The Bertz CT molecular complexity index is 475. The van der Waals surface area contributed by atoms with Gasteiger partial charge in [0.2, 0.25) is 5.91 Å². The average molecular weight is 259 g/mol. The van der Waals surface area contributed by atoms with E-state index in [4.69, 9.17) is 0 Å². The summed E-state index contributed by atoms with van der Waals surface area (Å²) in [4.78, 5) is 13.7. The molecule has 1 aromatic rings. The molecular formula is C16H21NO2. The molecule has 2 rings (SSSR count).